The van der Waals surface area contributed by atoms with E-state index in [9.17, 15) is 9.59 Å². The van der Waals surface area contributed by atoms with Crippen molar-refractivity contribution in [1.82, 2.24) is 5.32 Å². The molecule has 0 radical (unpaired) electrons. The second-order valence-electron chi connectivity index (χ2n) is 8.31. The van der Waals surface area contributed by atoms with Gasteiger partial charge in [0.2, 0.25) is 0 Å². The van der Waals surface area contributed by atoms with Gasteiger partial charge in [-0.05, 0) is 43.4 Å². The third-order valence-corrected chi connectivity index (χ3v) is 6.94. The Balaban J connectivity index is 1.46. The Morgan fingerprint density at radius 2 is 2.21 bits per heavy atom. The monoisotopic (exact) mass is 337 g/mol. The van der Waals surface area contributed by atoms with Crippen LogP contribution in [0.15, 0.2) is 0 Å². The lowest BCUT2D eigenvalue weighted by atomic mass is 9.53. The fraction of sp³-hybridized carbons (Fsp3) is 0.889. The number of hydrogen-bond donors (Lipinski definition) is 1. The lowest BCUT2D eigenvalue weighted by molar-refractivity contribution is -0.147. The van der Waals surface area contributed by atoms with Gasteiger partial charge in [-0.2, -0.15) is 0 Å². The minimum absolute atomic E-state index is 0.0255. The standard InChI is InChI=1S/C18H27NO5/c1-17-4-3-5-18(10-23-18)14(17)6-11-12(8-19-9-15(20)22-2)16(21)24-13(11)7-17/h11-14,19H,3-10H2,1-2H3. The summed E-state index contributed by atoms with van der Waals surface area (Å²) in [7, 11) is 1.37. The maximum absolute atomic E-state index is 12.4. The second-order valence-corrected chi connectivity index (χ2v) is 8.31. The highest BCUT2D eigenvalue weighted by Crippen LogP contribution is 2.62. The minimum Gasteiger partial charge on any atom is -0.468 e. The third kappa shape index (κ3) is 2.54. The van der Waals surface area contributed by atoms with E-state index in [0.717, 1.165) is 25.9 Å². The van der Waals surface area contributed by atoms with Crippen LogP contribution in [-0.4, -0.2) is 50.4 Å². The van der Waals surface area contributed by atoms with Crippen molar-refractivity contribution in [2.75, 3.05) is 26.8 Å². The molecule has 2 aliphatic carbocycles. The van der Waals surface area contributed by atoms with Gasteiger partial charge in [0.15, 0.2) is 0 Å². The van der Waals surface area contributed by atoms with Crippen LogP contribution in [-0.2, 0) is 23.8 Å². The van der Waals surface area contributed by atoms with Gasteiger partial charge in [0.05, 0.1) is 31.8 Å². The lowest BCUT2D eigenvalue weighted by Gasteiger charge is -2.51. The molecular formula is C18H27NO5. The molecule has 2 saturated carbocycles. The fourth-order valence-corrected chi connectivity index (χ4v) is 5.59. The Labute approximate surface area is 142 Å². The van der Waals surface area contributed by atoms with E-state index in [1.54, 1.807) is 0 Å². The Bertz CT molecular complexity index is 546. The highest BCUT2D eigenvalue weighted by Gasteiger charge is 2.64. The predicted molar refractivity (Wildman–Crippen MR) is 85.1 cm³/mol. The predicted octanol–water partition coefficient (Wildman–Crippen LogP) is 1.28. The van der Waals surface area contributed by atoms with Crippen LogP contribution in [0.4, 0.5) is 0 Å². The molecule has 4 rings (SSSR count). The average molecular weight is 337 g/mol. The van der Waals surface area contributed by atoms with E-state index in [-0.39, 0.29) is 47.4 Å². The van der Waals surface area contributed by atoms with Crippen LogP contribution in [0.2, 0.25) is 0 Å². The summed E-state index contributed by atoms with van der Waals surface area (Å²) in [5.74, 6) is 0.168. The zero-order chi connectivity index (χ0) is 16.9. The first-order valence-corrected chi connectivity index (χ1v) is 9.09. The molecule has 1 N–H and O–H groups in total. The van der Waals surface area contributed by atoms with Gasteiger partial charge in [0.1, 0.15) is 6.10 Å². The van der Waals surface area contributed by atoms with Crippen LogP contribution in [0.5, 0.6) is 0 Å². The Hall–Kier alpha value is -1.14. The van der Waals surface area contributed by atoms with Crippen molar-refractivity contribution in [3.63, 3.8) is 0 Å². The van der Waals surface area contributed by atoms with E-state index in [2.05, 4.69) is 17.0 Å². The van der Waals surface area contributed by atoms with Gasteiger partial charge in [-0.15, -0.1) is 0 Å². The average Bonchev–Trinajstić information content (AvgIpc) is 3.24. The topological polar surface area (TPSA) is 77.2 Å². The van der Waals surface area contributed by atoms with Crippen molar-refractivity contribution < 1.29 is 23.8 Å². The zero-order valence-corrected chi connectivity index (χ0v) is 14.5. The molecule has 2 saturated heterocycles. The highest BCUT2D eigenvalue weighted by atomic mass is 16.6. The molecule has 0 bridgehead atoms. The normalized spacial score (nSPS) is 46.2. The van der Waals surface area contributed by atoms with E-state index in [1.807, 2.05) is 0 Å². The summed E-state index contributed by atoms with van der Waals surface area (Å²) in [6.45, 7) is 3.84. The minimum atomic E-state index is -0.313. The molecule has 24 heavy (non-hydrogen) atoms. The van der Waals surface area contributed by atoms with Crippen molar-refractivity contribution in [3.05, 3.63) is 0 Å². The smallest absolute Gasteiger partial charge is 0.319 e. The second kappa shape index (κ2) is 5.70. The van der Waals surface area contributed by atoms with Gasteiger partial charge in [-0.1, -0.05) is 6.92 Å². The highest BCUT2D eigenvalue weighted by molar-refractivity contribution is 5.76. The molecule has 0 aromatic rings. The van der Waals surface area contributed by atoms with Crippen LogP contribution >= 0.6 is 0 Å². The number of esters is 2. The van der Waals surface area contributed by atoms with E-state index >= 15 is 0 Å². The van der Waals surface area contributed by atoms with E-state index in [0.29, 0.717) is 12.5 Å². The number of carbonyl (C=O) groups is 2. The van der Waals surface area contributed by atoms with Gasteiger partial charge in [0, 0.05) is 12.5 Å². The van der Waals surface area contributed by atoms with Crippen molar-refractivity contribution in [2.45, 2.75) is 50.7 Å². The maximum Gasteiger partial charge on any atom is 0.319 e. The maximum atomic E-state index is 12.4. The van der Waals surface area contributed by atoms with Crippen molar-refractivity contribution in [3.8, 4) is 0 Å². The first-order chi connectivity index (χ1) is 11.5. The molecule has 0 amide bonds. The molecule has 134 valence electrons. The van der Waals surface area contributed by atoms with Crippen LogP contribution in [0.3, 0.4) is 0 Å². The summed E-state index contributed by atoms with van der Waals surface area (Å²) in [5.41, 5.74) is 0.304. The molecular weight excluding hydrogens is 310 g/mol. The number of nitrogens with one attached hydrogen (secondary N) is 1. The fourth-order valence-electron chi connectivity index (χ4n) is 5.59. The number of ether oxygens (including phenoxy) is 3. The van der Waals surface area contributed by atoms with Gasteiger partial charge >= 0.3 is 11.9 Å². The molecule has 6 nitrogen and oxygen atoms in total. The van der Waals surface area contributed by atoms with Crippen LogP contribution in [0, 0.1) is 23.2 Å². The molecule has 2 aliphatic heterocycles. The Morgan fingerprint density at radius 3 is 2.92 bits per heavy atom. The molecule has 1 spiro atoms. The zero-order valence-electron chi connectivity index (χ0n) is 14.5. The van der Waals surface area contributed by atoms with Crippen molar-refractivity contribution in [1.29, 1.82) is 0 Å². The van der Waals surface area contributed by atoms with Crippen molar-refractivity contribution >= 4 is 11.9 Å². The van der Waals surface area contributed by atoms with E-state index in [4.69, 9.17) is 9.47 Å². The summed E-state index contributed by atoms with van der Waals surface area (Å²) in [5, 5.41) is 3.05. The van der Waals surface area contributed by atoms with Gasteiger partial charge in [-0.3, -0.25) is 9.59 Å². The molecule has 4 fully saturated rings. The van der Waals surface area contributed by atoms with Crippen LogP contribution < -0.4 is 5.32 Å². The van der Waals surface area contributed by atoms with Gasteiger partial charge in [0.25, 0.3) is 0 Å². The van der Waals surface area contributed by atoms with Gasteiger partial charge < -0.3 is 19.5 Å². The summed E-state index contributed by atoms with van der Waals surface area (Å²) in [4.78, 5) is 23.6. The Morgan fingerprint density at radius 1 is 1.42 bits per heavy atom. The molecule has 6 unspecified atom stereocenters. The quantitative estimate of drug-likeness (QED) is 0.615. The third-order valence-electron chi connectivity index (χ3n) is 6.94. The number of carbonyl (C=O) groups excluding carboxylic acids is 2. The molecule has 4 aliphatic rings. The molecule has 2 heterocycles. The summed E-state index contributed by atoms with van der Waals surface area (Å²) in [6, 6.07) is 0. The summed E-state index contributed by atoms with van der Waals surface area (Å²) < 4.78 is 16.3. The van der Waals surface area contributed by atoms with Crippen molar-refractivity contribution in [2.24, 2.45) is 23.2 Å². The first kappa shape index (κ1) is 16.3. The van der Waals surface area contributed by atoms with Gasteiger partial charge in [-0.25, -0.2) is 0 Å². The van der Waals surface area contributed by atoms with Crippen LogP contribution in [0.1, 0.15) is 39.0 Å². The molecule has 0 aromatic heterocycles. The Kier molecular flexibility index (Phi) is 3.88. The van der Waals surface area contributed by atoms with E-state index in [1.165, 1.54) is 20.0 Å². The van der Waals surface area contributed by atoms with E-state index < -0.39 is 0 Å². The molecule has 6 heteroatoms. The first-order valence-electron chi connectivity index (χ1n) is 9.09. The number of fused-ring (bicyclic) bond motifs is 3. The summed E-state index contributed by atoms with van der Waals surface area (Å²) >= 11 is 0. The number of methoxy groups -OCH3 is 1. The summed E-state index contributed by atoms with van der Waals surface area (Å²) in [6.07, 6.45) is 5.55. The number of epoxide rings is 1. The van der Waals surface area contributed by atoms with Crippen LogP contribution in [0.25, 0.3) is 0 Å². The number of hydrogen-bond acceptors (Lipinski definition) is 6. The number of rotatable bonds is 4. The SMILES string of the molecule is COC(=O)CNCC1C(=O)OC2CC3(C)CCCC4(CO4)C3CC21. The lowest BCUT2D eigenvalue weighted by Crippen LogP contribution is -2.51. The largest absolute Gasteiger partial charge is 0.468 e. The molecule has 0 aromatic carbocycles. The molecule has 6 atom stereocenters.